The maximum absolute atomic E-state index is 12.3. The lowest BCUT2D eigenvalue weighted by Gasteiger charge is -2.13. The largest absolute Gasteiger partial charge is 0.497 e. The zero-order valence-electron chi connectivity index (χ0n) is 14.7. The molecule has 0 spiro atoms. The molecule has 5 heteroatoms. The van der Waals surface area contributed by atoms with Crippen LogP contribution in [0.5, 0.6) is 5.75 Å². The third-order valence-electron chi connectivity index (χ3n) is 4.84. The summed E-state index contributed by atoms with van der Waals surface area (Å²) in [7, 11) is 1.66. The van der Waals surface area contributed by atoms with Crippen LogP contribution in [0.2, 0.25) is 5.02 Å². The molecule has 1 fully saturated rings. The van der Waals surface area contributed by atoms with Gasteiger partial charge in [0.2, 0.25) is 0 Å². The van der Waals surface area contributed by atoms with Crippen LogP contribution in [0.4, 0.5) is 5.69 Å². The van der Waals surface area contributed by atoms with Crippen LogP contribution in [0.25, 0.3) is 10.9 Å². The summed E-state index contributed by atoms with van der Waals surface area (Å²) in [5, 5.41) is 4.73. The Hall–Kier alpha value is -2.46. The third kappa shape index (κ3) is 3.42. The number of rotatable bonds is 6. The van der Waals surface area contributed by atoms with Crippen LogP contribution in [0.1, 0.15) is 24.4 Å². The van der Waals surface area contributed by atoms with Crippen molar-refractivity contribution in [3.05, 3.63) is 69.5 Å². The SMILES string of the molecule is COc1ccc(CCNc2cc3c(=O)ccn(C4CC4)c3cc2Cl)cc1. The van der Waals surface area contributed by atoms with Crippen molar-refractivity contribution in [3.8, 4) is 5.75 Å². The molecule has 3 aromatic rings. The molecule has 4 rings (SSSR count). The highest BCUT2D eigenvalue weighted by Crippen LogP contribution is 2.38. The molecule has 1 saturated carbocycles. The quantitative estimate of drug-likeness (QED) is 0.688. The van der Waals surface area contributed by atoms with E-state index in [0.717, 1.165) is 48.1 Å². The molecular formula is C21H21ClN2O2. The van der Waals surface area contributed by atoms with Gasteiger partial charge in [-0.25, -0.2) is 0 Å². The fourth-order valence-electron chi connectivity index (χ4n) is 3.23. The van der Waals surface area contributed by atoms with Gasteiger partial charge in [-0.05, 0) is 49.1 Å². The van der Waals surface area contributed by atoms with Crippen molar-refractivity contribution in [2.75, 3.05) is 19.0 Å². The number of nitrogens with zero attached hydrogens (tertiary/aromatic N) is 1. The molecule has 0 bridgehead atoms. The van der Waals surface area contributed by atoms with Crippen molar-refractivity contribution >= 4 is 28.2 Å². The molecule has 1 aliphatic rings. The number of ether oxygens (including phenoxy) is 1. The van der Waals surface area contributed by atoms with E-state index >= 15 is 0 Å². The number of aromatic nitrogens is 1. The molecule has 26 heavy (non-hydrogen) atoms. The Kier molecular flexibility index (Phi) is 4.60. The van der Waals surface area contributed by atoms with Gasteiger partial charge in [0, 0.05) is 30.2 Å². The molecule has 0 unspecified atom stereocenters. The summed E-state index contributed by atoms with van der Waals surface area (Å²) in [5.41, 5.74) is 2.97. The van der Waals surface area contributed by atoms with Gasteiger partial charge in [0.05, 0.1) is 23.3 Å². The third-order valence-corrected chi connectivity index (χ3v) is 5.16. The first kappa shape index (κ1) is 17.0. The number of fused-ring (bicyclic) bond motifs is 1. The van der Waals surface area contributed by atoms with Crippen molar-refractivity contribution in [2.45, 2.75) is 25.3 Å². The number of halogens is 1. The average Bonchev–Trinajstić information content (AvgIpc) is 3.48. The number of pyridine rings is 1. The minimum atomic E-state index is 0.0340. The van der Waals surface area contributed by atoms with Gasteiger partial charge in [-0.2, -0.15) is 0 Å². The Morgan fingerprint density at radius 3 is 2.65 bits per heavy atom. The Balaban J connectivity index is 1.53. The number of hydrogen-bond donors (Lipinski definition) is 1. The molecule has 134 valence electrons. The zero-order chi connectivity index (χ0) is 18.1. The van der Waals surface area contributed by atoms with E-state index in [9.17, 15) is 4.79 Å². The molecule has 1 N–H and O–H groups in total. The van der Waals surface area contributed by atoms with Crippen molar-refractivity contribution in [3.63, 3.8) is 0 Å². The van der Waals surface area contributed by atoms with Crippen molar-refractivity contribution < 1.29 is 4.74 Å². The maximum atomic E-state index is 12.3. The van der Waals surface area contributed by atoms with Gasteiger partial charge in [-0.15, -0.1) is 0 Å². The summed E-state index contributed by atoms with van der Waals surface area (Å²) in [6, 6.07) is 14.0. The minimum absolute atomic E-state index is 0.0340. The van der Waals surface area contributed by atoms with Gasteiger partial charge in [0.15, 0.2) is 5.43 Å². The first-order valence-corrected chi connectivity index (χ1v) is 9.25. The lowest BCUT2D eigenvalue weighted by Crippen LogP contribution is -2.09. The maximum Gasteiger partial charge on any atom is 0.189 e. The van der Waals surface area contributed by atoms with Crippen molar-refractivity contribution in [1.82, 2.24) is 4.57 Å². The molecule has 0 radical (unpaired) electrons. The second-order valence-electron chi connectivity index (χ2n) is 6.69. The highest BCUT2D eigenvalue weighted by Gasteiger charge is 2.24. The molecule has 4 nitrogen and oxygen atoms in total. The van der Waals surface area contributed by atoms with E-state index in [1.807, 2.05) is 30.5 Å². The van der Waals surface area contributed by atoms with E-state index in [0.29, 0.717) is 11.1 Å². The molecule has 0 saturated heterocycles. The predicted molar refractivity (Wildman–Crippen MR) is 107 cm³/mol. The van der Waals surface area contributed by atoms with Gasteiger partial charge >= 0.3 is 0 Å². The number of benzene rings is 2. The molecular weight excluding hydrogens is 348 g/mol. The second-order valence-corrected chi connectivity index (χ2v) is 7.10. The fourth-order valence-corrected chi connectivity index (χ4v) is 3.46. The molecule has 1 heterocycles. The summed E-state index contributed by atoms with van der Waals surface area (Å²) in [4.78, 5) is 12.3. The minimum Gasteiger partial charge on any atom is -0.497 e. The van der Waals surface area contributed by atoms with E-state index < -0.39 is 0 Å². The molecule has 0 amide bonds. The van der Waals surface area contributed by atoms with Crippen LogP contribution in [0, 0.1) is 0 Å². The Morgan fingerprint density at radius 1 is 1.19 bits per heavy atom. The summed E-state index contributed by atoms with van der Waals surface area (Å²) < 4.78 is 7.35. The Labute approximate surface area is 157 Å². The molecule has 2 aromatic carbocycles. The predicted octanol–water partition coefficient (Wildman–Crippen LogP) is 4.65. The van der Waals surface area contributed by atoms with Gasteiger partial charge in [0.1, 0.15) is 5.75 Å². The molecule has 0 atom stereocenters. The van der Waals surface area contributed by atoms with Crippen molar-refractivity contribution in [1.29, 1.82) is 0 Å². The number of methoxy groups -OCH3 is 1. The molecule has 1 aliphatic carbocycles. The standard InChI is InChI=1S/C21H21ClN2O2/c1-26-16-6-2-14(3-7-16)8-10-23-19-12-17-20(13-18(19)22)24(15-4-5-15)11-9-21(17)25/h2-3,6-7,9,11-13,15,23H,4-5,8,10H2,1H3. The van der Waals surface area contributed by atoms with Gasteiger partial charge in [-0.1, -0.05) is 23.7 Å². The van der Waals surface area contributed by atoms with Crippen LogP contribution in [0.3, 0.4) is 0 Å². The number of hydrogen-bond acceptors (Lipinski definition) is 3. The van der Waals surface area contributed by atoms with E-state index in [1.54, 1.807) is 13.2 Å². The van der Waals surface area contributed by atoms with Crippen LogP contribution in [0.15, 0.2) is 53.5 Å². The second kappa shape index (κ2) is 7.04. The van der Waals surface area contributed by atoms with Gasteiger partial charge in [-0.3, -0.25) is 4.79 Å². The molecule has 0 aliphatic heterocycles. The number of nitrogens with one attached hydrogen (secondary N) is 1. The van der Waals surface area contributed by atoms with Gasteiger partial charge < -0.3 is 14.6 Å². The Morgan fingerprint density at radius 2 is 1.96 bits per heavy atom. The zero-order valence-corrected chi connectivity index (χ0v) is 15.4. The first-order chi connectivity index (χ1) is 12.7. The highest BCUT2D eigenvalue weighted by atomic mass is 35.5. The van der Waals surface area contributed by atoms with E-state index in [1.165, 1.54) is 5.56 Å². The van der Waals surface area contributed by atoms with Gasteiger partial charge in [0.25, 0.3) is 0 Å². The van der Waals surface area contributed by atoms with Crippen LogP contribution in [-0.4, -0.2) is 18.2 Å². The summed E-state index contributed by atoms with van der Waals surface area (Å²) in [5.74, 6) is 0.853. The monoisotopic (exact) mass is 368 g/mol. The summed E-state index contributed by atoms with van der Waals surface area (Å²) >= 11 is 6.48. The van der Waals surface area contributed by atoms with E-state index in [4.69, 9.17) is 16.3 Å². The van der Waals surface area contributed by atoms with Crippen LogP contribution in [-0.2, 0) is 6.42 Å². The highest BCUT2D eigenvalue weighted by molar-refractivity contribution is 6.34. The van der Waals surface area contributed by atoms with Crippen molar-refractivity contribution in [2.24, 2.45) is 0 Å². The smallest absolute Gasteiger partial charge is 0.189 e. The van der Waals surface area contributed by atoms with Crippen LogP contribution < -0.4 is 15.5 Å². The first-order valence-electron chi connectivity index (χ1n) is 8.87. The topological polar surface area (TPSA) is 43.3 Å². The molecule has 1 aromatic heterocycles. The average molecular weight is 369 g/mol. The van der Waals surface area contributed by atoms with E-state index in [-0.39, 0.29) is 5.43 Å². The lowest BCUT2D eigenvalue weighted by atomic mass is 10.1. The lowest BCUT2D eigenvalue weighted by molar-refractivity contribution is 0.414. The van der Waals surface area contributed by atoms with E-state index in [2.05, 4.69) is 22.0 Å². The Bertz CT molecular complexity index is 991. The van der Waals surface area contributed by atoms with Crippen LogP contribution >= 0.6 is 11.6 Å². The summed E-state index contributed by atoms with van der Waals surface area (Å²) in [6.45, 7) is 0.737. The fraction of sp³-hybridized carbons (Fsp3) is 0.286. The summed E-state index contributed by atoms with van der Waals surface area (Å²) in [6.07, 6.45) is 5.07. The normalized spacial score (nSPS) is 13.8. The number of anilines is 1.